The van der Waals surface area contributed by atoms with Crippen molar-refractivity contribution in [1.29, 1.82) is 0 Å². The van der Waals surface area contributed by atoms with Crippen molar-refractivity contribution >= 4 is 0 Å². The lowest BCUT2D eigenvalue weighted by molar-refractivity contribution is -0.211. The van der Waals surface area contributed by atoms with E-state index in [0.717, 1.165) is 6.92 Å². The van der Waals surface area contributed by atoms with Gasteiger partial charge in [-0.3, -0.25) is 0 Å². The van der Waals surface area contributed by atoms with Crippen LogP contribution < -0.4 is 5.32 Å². The molecule has 1 N–H and O–H groups in total. The minimum absolute atomic E-state index is 0.0796. The first-order chi connectivity index (χ1) is 7.02. The first kappa shape index (κ1) is 15.4. The summed E-state index contributed by atoms with van der Waals surface area (Å²) in [7, 11) is 0. The molecule has 0 radical (unpaired) electrons. The predicted molar refractivity (Wildman–Crippen MR) is 58.4 cm³/mol. The van der Waals surface area contributed by atoms with Gasteiger partial charge in [0.1, 0.15) is 0 Å². The Kier molecular flexibility index (Phi) is 5.49. The van der Waals surface area contributed by atoms with E-state index in [1.54, 1.807) is 0 Å². The van der Waals surface area contributed by atoms with Crippen molar-refractivity contribution in [3.63, 3.8) is 0 Å². The van der Waals surface area contributed by atoms with E-state index in [2.05, 4.69) is 16.6 Å². The fourth-order valence-electron chi connectivity index (χ4n) is 0.779. The second-order valence-corrected chi connectivity index (χ2v) is 4.85. The maximum atomic E-state index is 12.1. The first-order valence-electron chi connectivity index (χ1n) is 5.12. The molecule has 0 rings (SSSR count). The van der Waals surface area contributed by atoms with Gasteiger partial charge in [-0.15, -0.1) is 0 Å². The van der Waals surface area contributed by atoms with Gasteiger partial charge in [-0.2, -0.15) is 13.2 Å². The molecule has 0 saturated heterocycles. The Morgan fingerprint density at radius 1 is 1.31 bits per heavy atom. The highest BCUT2D eigenvalue weighted by Crippen LogP contribution is 2.22. The van der Waals surface area contributed by atoms with Gasteiger partial charge in [0.05, 0.1) is 6.61 Å². The number of hydrogen-bond donors (Lipinski definition) is 1. The summed E-state index contributed by atoms with van der Waals surface area (Å²) in [6.07, 6.45) is -6.06. The third-order valence-electron chi connectivity index (χ3n) is 1.87. The van der Waals surface area contributed by atoms with Crippen molar-refractivity contribution in [2.45, 2.75) is 45.5 Å². The Bertz CT molecular complexity index is 230. The summed E-state index contributed by atoms with van der Waals surface area (Å²) in [5, 5.41) is 3.12. The molecule has 2 nitrogen and oxygen atoms in total. The molecule has 0 bridgehead atoms. The lowest BCUT2D eigenvalue weighted by Crippen LogP contribution is -2.38. The van der Waals surface area contributed by atoms with Crippen LogP contribution in [0.2, 0.25) is 0 Å². The molecule has 96 valence electrons. The van der Waals surface area contributed by atoms with Crippen molar-refractivity contribution < 1.29 is 17.9 Å². The smallest absolute Gasteiger partial charge is 0.365 e. The topological polar surface area (TPSA) is 21.3 Å². The van der Waals surface area contributed by atoms with Crippen molar-refractivity contribution in [2.24, 2.45) is 0 Å². The molecule has 0 saturated carbocycles. The van der Waals surface area contributed by atoms with Crippen LogP contribution in [0.1, 0.15) is 27.7 Å². The van der Waals surface area contributed by atoms with Crippen molar-refractivity contribution in [3.8, 4) is 0 Å². The van der Waals surface area contributed by atoms with E-state index >= 15 is 0 Å². The molecule has 1 unspecified atom stereocenters. The van der Waals surface area contributed by atoms with Crippen LogP contribution in [0.3, 0.4) is 0 Å². The molecule has 0 spiro atoms. The average molecular weight is 239 g/mol. The molecule has 0 fully saturated rings. The maximum absolute atomic E-state index is 12.1. The van der Waals surface area contributed by atoms with E-state index in [0.29, 0.717) is 12.1 Å². The summed E-state index contributed by atoms with van der Waals surface area (Å²) in [6.45, 7) is 10.9. The molecule has 0 aromatic rings. The average Bonchev–Trinajstić information content (AvgIpc) is 2.08. The van der Waals surface area contributed by atoms with E-state index in [9.17, 15) is 13.2 Å². The Labute approximate surface area is 94.9 Å². The van der Waals surface area contributed by atoms with Crippen LogP contribution in [0.25, 0.3) is 0 Å². The number of hydrogen-bond acceptors (Lipinski definition) is 2. The third kappa shape index (κ3) is 7.70. The SMILES string of the molecule is C=C(CNC(C)(C)C)COC(C)C(F)(F)F. The van der Waals surface area contributed by atoms with Crippen LogP contribution in [-0.2, 0) is 4.74 Å². The van der Waals surface area contributed by atoms with Crippen molar-refractivity contribution in [3.05, 3.63) is 12.2 Å². The molecular weight excluding hydrogens is 219 g/mol. The summed E-state index contributed by atoms with van der Waals surface area (Å²) < 4.78 is 41.0. The van der Waals surface area contributed by atoms with Crippen LogP contribution in [0, 0.1) is 0 Å². The van der Waals surface area contributed by atoms with Gasteiger partial charge in [-0.05, 0) is 33.3 Å². The Morgan fingerprint density at radius 2 is 1.81 bits per heavy atom. The predicted octanol–water partition coefficient (Wildman–Crippen LogP) is 2.90. The highest BCUT2D eigenvalue weighted by Gasteiger charge is 2.36. The number of ether oxygens (including phenoxy) is 1. The molecule has 0 aromatic heterocycles. The van der Waals surface area contributed by atoms with E-state index in [1.165, 1.54) is 0 Å². The standard InChI is InChI=1S/C11H20F3NO/c1-8(6-15-10(3,4)5)7-16-9(2)11(12,13)14/h9,15H,1,6-7H2,2-5H3. The lowest BCUT2D eigenvalue weighted by Gasteiger charge is -2.22. The van der Waals surface area contributed by atoms with Crippen LogP contribution >= 0.6 is 0 Å². The summed E-state index contributed by atoms with van der Waals surface area (Å²) in [5.41, 5.74) is 0.518. The molecule has 5 heteroatoms. The fourth-order valence-corrected chi connectivity index (χ4v) is 0.779. The molecule has 0 aromatic carbocycles. The van der Waals surface area contributed by atoms with Crippen LogP contribution in [0.4, 0.5) is 13.2 Å². The number of nitrogens with one attached hydrogen (secondary N) is 1. The second kappa shape index (κ2) is 5.68. The highest BCUT2D eigenvalue weighted by molar-refractivity contribution is 4.98. The molecule has 16 heavy (non-hydrogen) atoms. The van der Waals surface area contributed by atoms with Gasteiger partial charge in [-0.1, -0.05) is 6.58 Å². The van der Waals surface area contributed by atoms with Gasteiger partial charge in [0.2, 0.25) is 0 Å². The van der Waals surface area contributed by atoms with Gasteiger partial charge in [0, 0.05) is 12.1 Å². The highest BCUT2D eigenvalue weighted by atomic mass is 19.4. The van der Waals surface area contributed by atoms with Crippen LogP contribution in [0.5, 0.6) is 0 Å². The maximum Gasteiger partial charge on any atom is 0.414 e. The van der Waals surface area contributed by atoms with Gasteiger partial charge in [-0.25, -0.2) is 0 Å². The van der Waals surface area contributed by atoms with Crippen LogP contribution in [0.15, 0.2) is 12.2 Å². The first-order valence-corrected chi connectivity index (χ1v) is 5.12. The molecule has 0 aliphatic heterocycles. The number of alkyl halides is 3. The minimum atomic E-state index is -4.31. The lowest BCUT2D eigenvalue weighted by atomic mass is 10.1. The molecule has 0 heterocycles. The monoisotopic (exact) mass is 239 g/mol. The Hall–Kier alpha value is -0.550. The normalized spacial score (nSPS) is 14.9. The Morgan fingerprint density at radius 3 is 2.19 bits per heavy atom. The zero-order chi connectivity index (χ0) is 13.0. The van der Waals surface area contributed by atoms with Gasteiger partial charge in [0.25, 0.3) is 0 Å². The summed E-state index contributed by atoms with van der Waals surface area (Å²) >= 11 is 0. The van der Waals surface area contributed by atoms with E-state index in [4.69, 9.17) is 0 Å². The summed E-state index contributed by atoms with van der Waals surface area (Å²) in [5.74, 6) is 0. The molecule has 1 atom stereocenters. The van der Waals surface area contributed by atoms with Gasteiger partial charge < -0.3 is 10.1 Å². The molecule has 0 aliphatic carbocycles. The zero-order valence-corrected chi connectivity index (χ0v) is 10.2. The van der Waals surface area contributed by atoms with E-state index in [-0.39, 0.29) is 12.1 Å². The third-order valence-corrected chi connectivity index (χ3v) is 1.87. The van der Waals surface area contributed by atoms with Crippen LogP contribution in [-0.4, -0.2) is 31.0 Å². The quantitative estimate of drug-likeness (QED) is 0.745. The van der Waals surface area contributed by atoms with Crippen molar-refractivity contribution in [2.75, 3.05) is 13.2 Å². The summed E-state index contributed by atoms with van der Waals surface area (Å²) in [4.78, 5) is 0. The molecule has 0 amide bonds. The van der Waals surface area contributed by atoms with Gasteiger partial charge in [0.15, 0.2) is 6.10 Å². The van der Waals surface area contributed by atoms with E-state index < -0.39 is 12.3 Å². The number of halogens is 3. The van der Waals surface area contributed by atoms with Crippen molar-refractivity contribution in [1.82, 2.24) is 5.32 Å². The van der Waals surface area contributed by atoms with Gasteiger partial charge >= 0.3 is 6.18 Å². The Balaban J connectivity index is 3.83. The molecule has 0 aliphatic rings. The number of rotatable bonds is 5. The minimum Gasteiger partial charge on any atom is -0.365 e. The largest absolute Gasteiger partial charge is 0.414 e. The fraction of sp³-hybridized carbons (Fsp3) is 0.818. The zero-order valence-electron chi connectivity index (χ0n) is 10.2. The van der Waals surface area contributed by atoms with E-state index in [1.807, 2.05) is 20.8 Å². The molecular formula is C11H20F3NO. The second-order valence-electron chi connectivity index (χ2n) is 4.85. The summed E-state index contributed by atoms with van der Waals surface area (Å²) in [6, 6.07) is 0.